The van der Waals surface area contributed by atoms with Crippen molar-refractivity contribution >= 4 is 17.5 Å². The van der Waals surface area contributed by atoms with Crippen molar-refractivity contribution in [2.45, 2.75) is 25.5 Å². The van der Waals surface area contributed by atoms with E-state index in [9.17, 15) is 9.18 Å². The van der Waals surface area contributed by atoms with Gasteiger partial charge in [0.2, 0.25) is 5.91 Å². The second kappa shape index (κ2) is 7.73. The van der Waals surface area contributed by atoms with Crippen LogP contribution < -0.4 is 5.32 Å². The van der Waals surface area contributed by atoms with Gasteiger partial charge in [-0.1, -0.05) is 17.7 Å². The molecular formula is C15H20ClFN2O2. The molecule has 1 unspecified atom stereocenters. The first-order valence-electron chi connectivity index (χ1n) is 7.06. The Bertz CT molecular complexity index is 472. The predicted octanol–water partition coefficient (Wildman–Crippen LogP) is 2.21. The minimum absolute atomic E-state index is 0.0968. The maximum Gasteiger partial charge on any atom is 0.234 e. The molecule has 4 nitrogen and oxygen atoms in total. The highest BCUT2D eigenvalue weighted by Gasteiger charge is 2.17. The topological polar surface area (TPSA) is 41.6 Å². The SMILES string of the molecule is CN(CC(=O)NCC1CCCO1)Cc1c(F)cccc1Cl. The van der Waals surface area contributed by atoms with E-state index in [0.29, 0.717) is 23.7 Å². The van der Waals surface area contributed by atoms with E-state index >= 15 is 0 Å². The van der Waals surface area contributed by atoms with Gasteiger partial charge in [-0.25, -0.2) is 4.39 Å². The molecule has 1 aliphatic rings. The average molecular weight is 315 g/mol. The number of carbonyl (C=O) groups is 1. The molecule has 0 saturated carbocycles. The van der Waals surface area contributed by atoms with Gasteiger partial charge in [-0.3, -0.25) is 9.69 Å². The Morgan fingerprint density at radius 1 is 1.57 bits per heavy atom. The molecule has 1 heterocycles. The van der Waals surface area contributed by atoms with Crippen LogP contribution in [0.1, 0.15) is 18.4 Å². The Hall–Kier alpha value is -1.17. The van der Waals surface area contributed by atoms with Crippen LogP contribution in [-0.4, -0.2) is 43.7 Å². The molecule has 0 aromatic heterocycles. The van der Waals surface area contributed by atoms with Gasteiger partial charge in [0, 0.05) is 30.3 Å². The van der Waals surface area contributed by atoms with Gasteiger partial charge < -0.3 is 10.1 Å². The van der Waals surface area contributed by atoms with Crippen LogP contribution in [0, 0.1) is 5.82 Å². The molecule has 1 N–H and O–H groups in total. The first-order valence-corrected chi connectivity index (χ1v) is 7.44. The summed E-state index contributed by atoms with van der Waals surface area (Å²) in [5.74, 6) is -0.449. The Kier molecular flexibility index (Phi) is 5.96. The van der Waals surface area contributed by atoms with E-state index < -0.39 is 0 Å². The van der Waals surface area contributed by atoms with Crippen molar-refractivity contribution in [3.8, 4) is 0 Å². The van der Waals surface area contributed by atoms with E-state index in [0.717, 1.165) is 19.4 Å². The van der Waals surface area contributed by atoms with Gasteiger partial charge in [-0.15, -0.1) is 0 Å². The van der Waals surface area contributed by atoms with Crippen LogP contribution >= 0.6 is 11.6 Å². The number of nitrogens with zero attached hydrogens (tertiary/aromatic N) is 1. The monoisotopic (exact) mass is 314 g/mol. The fraction of sp³-hybridized carbons (Fsp3) is 0.533. The van der Waals surface area contributed by atoms with Gasteiger partial charge in [0.25, 0.3) is 0 Å². The van der Waals surface area contributed by atoms with Gasteiger partial charge >= 0.3 is 0 Å². The van der Waals surface area contributed by atoms with Crippen molar-refractivity contribution in [1.29, 1.82) is 0 Å². The average Bonchev–Trinajstić information content (AvgIpc) is 2.94. The highest BCUT2D eigenvalue weighted by atomic mass is 35.5. The molecule has 1 aromatic carbocycles. The standard InChI is InChI=1S/C15H20ClFN2O2/c1-19(9-12-13(16)5-2-6-14(12)17)10-15(20)18-8-11-4-3-7-21-11/h2,5-6,11H,3-4,7-10H2,1H3,(H,18,20). The van der Waals surface area contributed by atoms with Crippen molar-refractivity contribution in [3.05, 3.63) is 34.6 Å². The third-order valence-electron chi connectivity index (χ3n) is 3.45. The molecule has 21 heavy (non-hydrogen) atoms. The molecule has 0 spiro atoms. The summed E-state index contributed by atoms with van der Waals surface area (Å²) in [6.07, 6.45) is 2.16. The molecule has 1 fully saturated rings. The minimum Gasteiger partial charge on any atom is -0.376 e. The molecular weight excluding hydrogens is 295 g/mol. The van der Waals surface area contributed by atoms with Gasteiger partial charge in [0.15, 0.2) is 0 Å². The third-order valence-corrected chi connectivity index (χ3v) is 3.81. The molecule has 2 rings (SSSR count). The summed E-state index contributed by atoms with van der Waals surface area (Å²) in [5.41, 5.74) is 0.411. The molecule has 0 bridgehead atoms. The first kappa shape index (κ1) is 16.2. The Balaban J connectivity index is 1.78. The molecule has 1 amide bonds. The second-order valence-corrected chi connectivity index (χ2v) is 5.72. The van der Waals surface area contributed by atoms with Crippen LogP contribution in [0.4, 0.5) is 4.39 Å². The van der Waals surface area contributed by atoms with Crippen LogP contribution in [0.3, 0.4) is 0 Å². The van der Waals surface area contributed by atoms with Gasteiger partial charge in [-0.2, -0.15) is 0 Å². The summed E-state index contributed by atoms with van der Waals surface area (Å²) in [7, 11) is 1.76. The molecule has 0 radical (unpaired) electrons. The number of likely N-dealkylation sites (N-methyl/N-ethyl adjacent to an activating group) is 1. The Labute approximate surface area is 129 Å². The highest BCUT2D eigenvalue weighted by Crippen LogP contribution is 2.20. The zero-order chi connectivity index (χ0) is 15.2. The normalized spacial score (nSPS) is 18.2. The number of rotatable bonds is 6. The van der Waals surface area contributed by atoms with Crippen LogP contribution in [0.25, 0.3) is 0 Å². The van der Waals surface area contributed by atoms with Crippen LogP contribution in [0.2, 0.25) is 5.02 Å². The summed E-state index contributed by atoms with van der Waals surface area (Å²) in [6.45, 7) is 1.79. The van der Waals surface area contributed by atoms with Crippen molar-refractivity contribution in [2.24, 2.45) is 0 Å². The molecule has 1 aliphatic heterocycles. The zero-order valence-electron chi connectivity index (χ0n) is 12.1. The quantitative estimate of drug-likeness (QED) is 0.875. The predicted molar refractivity (Wildman–Crippen MR) is 79.7 cm³/mol. The summed E-state index contributed by atoms with van der Waals surface area (Å²) in [4.78, 5) is 13.6. The van der Waals surface area contributed by atoms with E-state index in [1.807, 2.05) is 0 Å². The van der Waals surface area contributed by atoms with E-state index in [2.05, 4.69) is 5.32 Å². The van der Waals surface area contributed by atoms with E-state index in [1.165, 1.54) is 6.07 Å². The number of benzene rings is 1. The van der Waals surface area contributed by atoms with Crippen molar-refractivity contribution in [3.63, 3.8) is 0 Å². The summed E-state index contributed by atoms with van der Waals surface area (Å²) < 4.78 is 19.1. The van der Waals surface area contributed by atoms with Crippen LogP contribution in [0.5, 0.6) is 0 Å². The number of nitrogens with one attached hydrogen (secondary N) is 1. The first-order chi connectivity index (χ1) is 10.1. The number of amides is 1. The lowest BCUT2D eigenvalue weighted by molar-refractivity contribution is -0.122. The number of hydrogen-bond donors (Lipinski definition) is 1. The van der Waals surface area contributed by atoms with Gasteiger partial charge in [-0.05, 0) is 32.0 Å². The van der Waals surface area contributed by atoms with Gasteiger partial charge in [0.05, 0.1) is 12.6 Å². The number of ether oxygens (including phenoxy) is 1. The summed E-state index contributed by atoms with van der Waals surface area (Å²) >= 11 is 5.97. The lowest BCUT2D eigenvalue weighted by atomic mass is 10.2. The lowest BCUT2D eigenvalue weighted by Gasteiger charge is -2.18. The van der Waals surface area contributed by atoms with E-state index in [-0.39, 0.29) is 24.4 Å². The van der Waals surface area contributed by atoms with Crippen LogP contribution in [0.15, 0.2) is 18.2 Å². The molecule has 0 aliphatic carbocycles. The third kappa shape index (κ3) is 4.95. The minimum atomic E-state index is -0.353. The number of halogens is 2. The molecule has 116 valence electrons. The zero-order valence-corrected chi connectivity index (χ0v) is 12.8. The molecule has 1 atom stereocenters. The summed E-state index contributed by atoms with van der Waals surface area (Å²) in [5, 5.41) is 3.21. The highest BCUT2D eigenvalue weighted by molar-refractivity contribution is 6.31. The fourth-order valence-electron chi connectivity index (χ4n) is 2.34. The Morgan fingerprint density at radius 3 is 3.05 bits per heavy atom. The lowest BCUT2D eigenvalue weighted by Crippen LogP contribution is -2.38. The van der Waals surface area contributed by atoms with Crippen molar-refractivity contribution in [2.75, 3.05) is 26.7 Å². The van der Waals surface area contributed by atoms with Gasteiger partial charge in [0.1, 0.15) is 5.82 Å². The molecule has 1 saturated heterocycles. The second-order valence-electron chi connectivity index (χ2n) is 5.31. The molecule has 6 heteroatoms. The fourth-order valence-corrected chi connectivity index (χ4v) is 2.57. The largest absolute Gasteiger partial charge is 0.376 e. The summed E-state index contributed by atoms with van der Waals surface area (Å²) in [6, 6.07) is 4.58. The number of hydrogen-bond acceptors (Lipinski definition) is 3. The Morgan fingerprint density at radius 2 is 2.38 bits per heavy atom. The van der Waals surface area contributed by atoms with Crippen molar-refractivity contribution < 1.29 is 13.9 Å². The van der Waals surface area contributed by atoms with Crippen molar-refractivity contribution in [1.82, 2.24) is 10.2 Å². The maximum atomic E-state index is 13.7. The van der Waals surface area contributed by atoms with E-state index in [4.69, 9.17) is 16.3 Å². The molecule has 1 aromatic rings. The van der Waals surface area contributed by atoms with E-state index in [1.54, 1.807) is 24.1 Å². The number of carbonyl (C=O) groups excluding carboxylic acids is 1. The maximum absolute atomic E-state index is 13.7. The van der Waals surface area contributed by atoms with Crippen LogP contribution in [-0.2, 0) is 16.1 Å². The smallest absolute Gasteiger partial charge is 0.234 e.